The number of para-hydroxylation sites is 1. The topological polar surface area (TPSA) is 43.9 Å². The molecule has 0 radical (unpaired) electrons. The van der Waals surface area contributed by atoms with Crippen LogP contribution >= 0.6 is 11.6 Å². The van der Waals surface area contributed by atoms with E-state index < -0.39 is 6.04 Å². The fraction of sp³-hybridized carbons (Fsp3) is 0.333. The number of nitrogens with zero attached hydrogens (tertiary/aromatic N) is 3. The fourth-order valence-electron chi connectivity index (χ4n) is 3.88. The smallest absolute Gasteiger partial charge is 0.245 e. The van der Waals surface area contributed by atoms with Crippen molar-refractivity contribution in [3.8, 4) is 0 Å². The van der Waals surface area contributed by atoms with Crippen LogP contribution in [0, 0.1) is 0 Å². The van der Waals surface area contributed by atoms with Crippen LogP contribution in [0.4, 0.5) is 11.4 Å². The number of amides is 2. The van der Waals surface area contributed by atoms with Gasteiger partial charge in [0.2, 0.25) is 11.8 Å². The molecule has 140 valence electrons. The molecule has 27 heavy (non-hydrogen) atoms. The van der Waals surface area contributed by atoms with E-state index in [-0.39, 0.29) is 11.8 Å². The molecule has 0 aliphatic carbocycles. The summed E-state index contributed by atoms with van der Waals surface area (Å²) < 4.78 is 0. The van der Waals surface area contributed by atoms with Gasteiger partial charge in [0, 0.05) is 49.0 Å². The van der Waals surface area contributed by atoms with Crippen LogP contribution in [0.1, 0.15) is 12.8 Å². The molecular weight excluding hydrogens is 362 g/mol. The van der Waals surface area contributed by atoms with Gasteiger partial charge in [-0.1, -0.05) is 29.8 Å². The number of rotatable bonds is 3. The first kappa shape index (κ1) is 17.9. The molecule has 0 N–H and O–H groups in total. The van der Waals surface area contributed by atoms with E-state index in [4.69, 9.17) is 11.6 Å². The second-order valence-corrected chi connectivity index (χ2v) is 7.38. The Labute approximate surface area is 164 Å². The molecule has 6 heteroatoms. The number of hydrogen-bond acceptors (Lipinski definition) is 3. The maximum atomic E-state index is 13.1. The summed E-state index contributed by atoms with van der Waals surface area (Å²) in [5.74, 6) is 0.0436. The van der Waals surface area contributed by atoms with Crippen molar-refractivity contribution < 1.29 is 9.59 Å². The molecule has 5 nitrogen and oxygen atoms in total. The standard InChI is InChI=1S/C21H22ClN3O2/c22-16-6-8-18(9-7-16)25-19(10-11-20(25)26)21(27)24-14-12-23(13-15-24)17-4-2-1-3-5-17/h1-9,19H,10-15H2/t19-/m0/s1. The third-order valence-electron chi connectivity index (χ3n) is 5.31. The van der Waals surface area contributed by atoms with Crippen LogP contribution < -0.4 is 9.80 Å². The number of anilines is 2. The highest BCUT2D eigenvalue weighted by Gasteiger charge is 2.39. The zero-order valence-corrected chi connectivity index (χ0v) is 15.8. The Balaban J connectivity index is 1.44. The average Bonchev–Trinajstić information content (AvgIpc) is 3.10. The average molecular weight is 384 g/mol. The Morgan fingerprint density at radius 2 is 1.56 bits per heavy atom. The van der Waals surface area contributed by atoms with Gasteiger partial charge in [0.1, 0.15) is 6.04 Å². The van der Waals surface area contributed by atoms with Crippen LogP contribution in [0.15, 0.2) is 54.6 Å². The molecule has 2 fully saturated rings. The fourth-order valence-corrected chi connectivity index (χ4v) is 4.00. The van der Waals surface area contributed by atoms with Crippen molar-refractivity contribution >= 4 is 34.8 Å². The molecule has 2 amide bonds. The van der Waals surface area contributed by atoms with Crippen molar-refractivity contribution in [3.05, 3.63) is 59.6 Å². The van der Waals surface area contributed by atoms with E-state index in [1.54, 1.807) is 29.2 Å². The number of piperazine rings is 1. The first-order chi connectivity index (χ1) is 13.1. The van der Waals surface area contributed by atoms with Gasteiger partial charge in [0.25, 0.3) is 0 Å². The number of carbonyl (C=O) groups is 2. The summed E-state index contributed by atoms with van der Waals surface area (Å²) in [5.41, 5.74) is 1.92. The van der Waals surface area contributed by atoms with Crippen LogP contribution in [0.25, 0.3) is 0 Å². The van der Waals surface area contributed by atoms with Crippen molar-refractivity contribution in [2.24, 2.45) is 0 Å². The van der Waals surface area contributed by atoms with Gasteiger partial charge >= 0.3 is 0 Å². The van der Waals surface area contributed by atoms with Crippen molar-refractivity contribution in [2.75, 3.05) is 36.0 Å². The Morgan fingerprint density at radius 3 is 2.22 bits per heavy atom. The predicted octanol–water partition coefficient (Wildman–Crippen LogP) is 3.18. The van der Waals surface area contributed by atoms with E-state index >= 15 is 0 Å². The van der Waals surface area contributed by atoms with E-state index in [0.29, 0.717) is 31.0 Å². The summed E-state index contributed by atoms with van der Waals surface area (Å²) in [6, 6.07) is 16.9. The lowest BCUT2D eigenvalue weighted by molar-refractivity contribution is -0.133. The molecule has 2 heterocycles. The summed E-state index contributed by atoms with van der Waals surface area (Å²) in [6.45, 7) is 2.95. The van der Waals surface area contributed by atoms with Gasteiger partial charge < -0.3 is 9.80 Å². The summed E-state index contributed by atoms with van der Waals surface area (Å²) in [5, 5.41) is 0.616. The Kier molecular flexibility index (Phi) is 5.03. The van der Waals surface area contributed by atoms with Crippen LogP contribution in [0.2, 0.25) is 5.02 Å². The Bertz CT molecular complexity index is 817. The summed E-state index contributed by atoms with van der Waals surface area (Å²) in [6.07, 6.45) is 0.974. The van der Waals surface area contributed by atoms with E-state index in [1.165, 1.54) is 5.69 Å². The minimum absolute atomic E-state index is 0.00130. The zero-order chi connectivity index (χ0) is 18.8. The summed E-state index contributed by atoms with van der Waals surface area (Å²) in [7, 11) is 0. The lowest BCUT2D eigenvalue weighted by Crippen LogP contribution is -2.54. The lowest BCUT2D eigenvalue weighted by atomic mass is 10.1. The van der Waals surface area contributed by atoms with Gasteiger partial charge in [-0.25, -0.2) is 0 Å². The second-order valence-electron chi connectivity index (χ2n) is 6.94. The highest BCUT2D eigenvalue weighted by molar-refractivity contribution is 6.30. The Hall–Kier alpha value is -2.53. The molecule has 0 spiro atoms. The van der Waals surface area contributed by atoms with Gasteiger partial charge in [-0.2, -0.15) is 0 Å². The van der Waals surface area contributed by atoms with Crippen LogP contribution in [0.3, 0.4) is 0 Å². The number of halogens is 1. The van der Waals surface area contributed by atoms with Gasteiger partial charge in [-0.05, 0) is 42.8 Å². The minimum Gasteiger partial charge on any atom is -0.368 e. The number of hydrogen-bond donors (Lipinski definition) is 0. The second kappa shape index (κ2) is 7.61. The van der Waals surface area contributed by atoms with Crippen LogP contribution in [0.5, 0.6) is 0 Å². The van der Waals surface area contributed by atoms with Crippen LogP contribution in [-0.4, -0.2) is 48.9 Å². The molecule has 2 aromatic carbocycles. The third kappa shape index (κ3) is 3.65. The van der Waals surface area contributed by atoms with Gasteiger partial charge in [-0.3, -0.25) is 14.5 Å². The maximum absolute atomic E-state index is 13.1. The Morgan fingerprint density at radius 1 is 0.889 bits per heavy atom. The SMILES string of the molecule is O=C([C@@H]1CCC(=O)N1c1ccc(Cl)cc1)N1CCN(c2ccccc2)CC1. The van der Waals surface area contributed by atoms with Crippen molar-refractivity contribution in [1.29, 1.82) is 0 Å². The first-order valence-corrected chi connectivity index (χ1v) is 9.68. The predicted molar refractivity (Wildman–Crippen MR) is 107 cm³/mol. The monoisotopic (exact) mass is 383 g/mol. The molecular formula is C21H22ClN3O2. The first-order valence-electron chi connectivity index (χ1n) is 9.30. The minimum atomic E-state index is -0.415. The largest absolute Gasteiger partial charge is 0.368 e. The quantitative estimate of drug-likeness (QED) is 0.817. The summed E-state index contributed by atoms with van der Waals surface area (Å²) >= 11 is 5.96. The molecule has 2 saturated heterocycles. The molecule has 1 atom stereocenters. The third-order valence-corrected chi connectivity index (χ3v) is 5.57. The van der Waals surface area contributed by atoms with E-state index in [0.717, 1.165) is 18.8 Å². The molecule has 4 rings (SSSR count). The van der Waals surface area contributed by atoms with E-state index in [9.17, 15) is 9.59 Å². The van der Waals surface area contributed by atoms with Crippen molar-refractivity contribution in [1.82, 2.24) is 4.90 Å². The number of carbonyl (C=O) groups excluding carboxylic acids is 2. The molecule has 2 aliphatic heterocycles. The molecule has 0 unspecified atom stereocenters. The zero-order valence-electron chi connectivity index (χ0n) is 15.1. The normalized spacial score (nSPS) is 20.3. The molecule has 0 aromatic heterocycles. The van der Waals surface area contributed by atoms with Crippen molar-refractivity contribution in [2.45, 2.75) is 18.9 Å². The van der Waals surface area contributed by atoms with Gasteiger partial charge in [-0.15, -0.1) is 0 Å². The number of benzene rings is 2. The van der Waals surface area contributed by atoms with Crippen molar-refractivity contribution in [3.63, 3.8) is 0 Å². The molecule has 2 aromatic rings. The maximum Gasteiger partial charge on any atom is 0.245 e. The van der Waals surface area contributed by atoms with Gasteiger partial charge in [0.05, 0.1) is 0 Å². The highest BCUT2D eigenvalue weighted by atomic mass is 35.5. The molecule has 0 saturated carbocycles. The van der Waals surface area contributed by atoms with Gasteiger partial charge in [0.15, 0.2) is 0 Å². The molecule has 0 bridgehead atoms. The highest BCUT2D eigenvalue weighted by Crippen LogP contribution is 2.29. The molecule has 2 aliphatic rings. The van der Waals surface area contributed by atoms with Crippen LogP contribution in [-0.2, 0) is 9.59 Å². The lowest BCUT2D eigenvalue weighted by Gasteiger charge is -2.38. The summed E-state index contributed by atoms with van der Waals surface area (Å²) in [4.78, 5) is 31.4. The van der Waals surface area contributed by atoms with E-state index in [2.05, 4.69) is 17.0 Å². The van der Waals surface area contributed by atoms with E-state index in [1.807, 2.05) is 23.1 Å².